The lowest BCUT2D eigenvalue weighted by Gasteiger charge is -2.32. The fourth-order valence-electron chi connectivity index (χ4n) is 2.37. The van der Waals surface area contributed by atoms with E-state index in [0.717, 1.165) is 43.6 Å². The van der Waals surface area contributed by atoms with Crippen molar-refractivity contribution in [3.05, 3.63) is 17.7 Å². The number of nitrogens with one attached hydrogen (secondary N) is 2. The minimum atomic E-state index is -0.484. The zero-order chi connectivity index (χ0) is 11.4. The van der Waals surface area contributed by atoms with Gasteiger partial charge in [-0.25, -0.2) is 4.98 Å². The fraction of sp³-hybridized carbons (Fsp3) is 0.750. The van der Waals surface area contributed by atoms with E-state index in [4.69, 9.17) is 0 Å². The van der Waals surface area contributed by atoms with Gasteiger partial charge in [-0.05, 0) is 19.8 Å². The van der Waals surface area contributed by atoms with Crippen molar-refractivity contribution in [1.82, 2.24) is 15.3 Å². The van der Waals surface area contributed by atoms with Gasteiger partial charge in [-0.15, -0.1) is 0 Å². The first-order chi connectivity index (χ1) is 7.70. The topological polar surface area (TPSA) is 60.9 Å². The summed E-state index contributed by atoms with van der Waals surface area (Å²) in [4.78, 5) is 7.27. The molecule has 0 amide bonds. The second-order valence-corrected chi connectivity index (χ2v) is 4.86. The van der Waals surface area contributed by atoms with Crippen LogP contribution in [0.5, 0.6) is 0 Å². The van der Waals surface area contributed by atoms with Gasteiger partial charge < -0.3 is 15.4 Å². The molecule has 1 aliphatic carbocycles. The Morgan fingerprint density at radius 2 is 2.19 bits per heavy atom. The summed E-state index contributed by atoms with van der Waals surface area (Å²) in [6.07, 6.45) is 7.14. The molecule has 0 aromatic carbocycles. The van der Waals surface area contributed by atoms with Crippen LogP contribution in [0, 0.1) is 6.92 Å². The van der Waals surface area contributed by atoms with E-state index in [1.165, 1.54) is 6.42 Å². The number of H-pyrrole nitrogens is 1. The van der Waals surface area contributed by atoms with Crippen LogP contribution in [0.1, 0.15) is 43.5 Å². The summed E-state index contributed by atoms with van der Waals surface area (Å²) >= 11 is 0. The van der Waals surface area contributed by atoms with Gasteiger partial charge in [-0.3, -0.25) is 0 Å². The monoisotopic (exact) mass is 223 g/mol. The van der Waals surface area contributed by atoms with Gasteiger partial charge in [0.25, 0.3) is 0 Å². The molecule has 0 atom stereocenters. The zero-order valence-electron chi connectivity index (χ0n) is 9.92. The molecule has 4 nitrogen and oxygen atoms in total. The van der Waals surface area contributed by atoms with Crippen LogP contribution >= 0.6 is 0 Å². The van der Waals surface area contributed by atoms with Crippen molar-refractivity contribution in [2.75, 3.05) is 6.54 Å². The van der Waals surface area contributed by atoms with Crippen LogP contribution in [0.15, 0.2) is 6.33 Å². The smallest absolute Gasteiger partial charge is 0.0925 e. The predicted octanol–water partition coefficient (Wildman–Crippen LogP) is 1.50. The SMILES string of the molecule is Cc1[nH]cnc1CNCC1(O)CCCCC1. The quantitative estimate of drug-likeness (QED) is 0.725. The minimum Gasteiger partial charge on any atom is -0.389 e. The van der Waals surface area contributed by atoms with E-state index in [2.05, 4.69) is 15.3 Å². The van der Waals surface area contributed by atoms with E-state index in [1.54, 1.807) is 6.33 Å². The first-order valence-corrected chi connectivity index (χ1v) is 6.12. The lowest BCUT2D eigenvalue weighted by atomic mass is 9.85. The summed E-state index contributed by atoms with van der Waals surface area (Å²) in [6, 6.07) is 0. The average molecular weight is 223 g/mol. The van der Waals surface area contributed by atoms with Crippen molar-refractivity contribution < 1.29 is 5.11 Å². The van der Waals surface area contributed by atoms with E-state index in [-0.39, 0.29) is 0 Å². The summed E-state index contributed by atoms with van der Waals surface area (Å²) in [5.41, 5.74) is 1.66. The van der Waals surface area contributed by atoms with Crippen molar-refractivity contribution in [2.24, 2.45) is 0 Å². The number of aromatic amines is 1. The van der Waals surface area contributed by atoms with E-state index >= 15 is 0 Å². The highest BCUT2D eigenvalue weighted by Crippen LogP contribution is 2.27. The van der Waals surface area contributed by atoms with Crippen molar-refractivity contribution in [1.29, 1.82) is 0 Å². The van der Waals surface area contributed by atoms with Crippen molar-refractivity contribution >= 4 is 0 Å². The van der Waals surface area contributed by atoms with Gasteiger partial charge >= 0.3 is 0 Å². The highest BCUT2D eigenvalue weighted by Gasteiger charge is 2.28. The van der Waals surface area contributed by atoms with Gasteiger partial charge in [-0.1, -0.05) is 19.3 Å². The molecule has 0 saturated heterocycles. The lowest BCUT2D eigenvalue weighted by Crippen LogP contribution is -2.42. The lowest BCUT2D eigenvalue weighted by molar-refractivity contribution is 0.00461. The molecule has 16 heavy (non-hydrogen) atoms. The van der Waals surface area contributed by atoms with Gasteiger partial charge in [-0.2, -0.15) is 0 Å². The fourth-order valence-corrected chi connectivity index (χ4v) is 2.37. The molecule has 1 aromatic heterocycles. The van der Waals surface area contributed by atoms with Crippen LogP contribution in [-0.2, 0) is 6.54 Å². The maximum atomic E-state index is 10.3. The molecule has 3 N–H and O–H groups in total. The molecular formula is C12H21N3O. The minimum absolute atomic E-state index is 0.484. The summed E-state index contributed by atoms with van der Waals surface area (Å²) in [6.45, 7) is 3.43. The number of rotatable bonds is 4. The highest BCUT2D eigenvalue weighted by atomic mass is 16.3. The number of aliphatic hydroxyl groups is 1. The number of aryl methyl sites for hydroxylation is 1. The summed E-state index contributed by atoms with van der Waals surface area (Å²) in [7, 11) is 0. The molecule has 0 bridgehead atoms. The first-order valence-electron chi connectivity index (χ1n) is 6.12. The molecule has 0 spiro atoms. The number of imidazole rings is 1. The Morgan fingerprint density at radius 3 is 2.81 bits per heavy atom. The van der Waals surface area contributed by atoms with Crippen LogP contribution in [0.4, 0.5) is 0 Å². The van der Waals surface area contributed by atoms with Crippen LogP contribution < -0.4 is 5.32 Å². The van der Waals surface area contributed by atoms with E-state index in [9.17, 15) is 5.11 Å². The normalized spacial score (nSPS) is 19.9. The molecule has 0 unspecified atom stereocenters. The van der Waals surface area contributed by atoms with Gasteiger partial charge in [0.15, 0.2) is 0 Å². The number of nitrogens with zero attached hydrogens (tertiary/aromatic N) is 1. The van der Waals surface area contributed by atoms with Crippen molar-refractivity contribution in [2.45, 2.75) is 51.2 Å². The van der Waals surface area contributed by atoms with Crippen LogP contribution in [0.3, 0.4) is 0 Å². The molecule has 1 fully saturated rings. The van der Waals surface area contributed by atoms with Crippen molar-refractivity contribution in [3.63, 3.8) is 0 Å². The van der Waals surface area contributed by atoms with Gasteiger partial charge in [0.1, 0.15) is 0 Å². The van der Waals surface area contributed by atoms with Gasteiger partial charge in [0.05, 0.1) is 17.6 Å². The van der Waals surface area contributed by atoms with E-state index in [0.29, 0.717) is 6.54 Å². The number of hydrogen-bond donors (Lipinski definition) is 3. The average Bonchev–Trinajstić information content (AvgIpc) is 2.65. The van der Waals surface area contributed by atoms with Gasteiger partial charge in [0.2, 0.25) is 0 Å². The highest BCUT2D eigenvalue weighted by molar-refractivity contribution is 5.08. The van der Waals surface area contributed by atoms with Crippen LogP contribution in [0.2, 0.25) is 0 Å². The molecule has 0 radical (unpaired) electrons. The molecule has 1 aliphatic rings. The summed E-state index contributed by atoms with van der Waals surface area (Å²) < 4.78 is 0. The first kappa shape index (κ1) is 11.6. The Hall–Kier alpha value is -0.870. The second-order valence-electron chi connectivity index (χ2n) is 4.86. The molecule has 0 aliphatic heterocycles. The Bertz CT molecular complexity index is 329. The molecule has 90 valence electrons. The Balaban J connectivity index is 1.77. The molecular weight excluding hydrogens is 202 g/mol. The van der Waals surface area contributed by atoms with Crippen LogP contribution in [0.25, 0.3) is 0 Å². The Labute approximate surface area is 96.5 Å². The zero-order valence-corrected chi connectivity index (χ0v) is 9.92. The largest absolute Gasteiger partial charge is 0.389 e. The maximum Gasteiger partial charge on any atom is 0.0925 e. The maximum absolute atomic E-state index is 10.3. The summed E-state index contributed by atoms with van der Waals surface area (Å²) in [5, 5.41) is 13.6. The number of hydrogen-bond acceptors (Lipinski definition) is 3. The predicted molar refractivity (Wildman–Crippen MR) is 63.1 cm³/mol. The third-order valence-corrected chi connectivity index (χ3v) is 3.47. The Morgan fingerprint density at radius 1 is 1.44 bits per heavy atom. The second kappa shape index (κ2) is 4.97. The molecule has 4 heteroatoms. The van der Waals surface area contributed by atoms with E-state index in [1.807, 2.05) is 6.92 Å². The molecule has 2 rings (SSSR count). The summed E-state index contributed by atoms with van der Waals surface area (Å²) in [5.74, 6) is 0. The molecule has 1 heterocycles. The Kier molecular flexibility index (Phi) is 3.61. The van der Waals surface area contributed by atoms with Crippen molar-refractivity contribution in [3.8, 4) is 0 Å². The molecule has 1 saturated carbocycles. The van der Waals surface area contributed by atoms with E-state index < -0.39 is 5.60 Å². The molecule has 1 aromatic rings. The third-order valence-electron chi connectivity index (χ3n) is 3.47. The third kappa shape index (κ3) is 2.83. The number of aromatic nitrogens is 2. The standard InChI is InChI=1S/C12H21N3O/c1-10-11(15-9-14-10)7-13-8-12(16)5-3-2-4-6-12/h9,13,16H,2-8H2,1H3,(H,14,15). The van der Waals surface area contributed by atoms with Gasteiger partial charge in [0, 0.05) is 18.8 Å². The van der Waals surface area contributed by atoms with Crippen LogP contribution in [-0.4, -0.2) is 27.2 Å².